The third kappa shape index (κ3) is 2.39. The van der Waals surface area contributed by atoms with Gasteiger partial charge >= 0.3 is 0 Å². The molecular formula is C14H17NS. The van der Waals surface area contributed by atoms with E-state index in [0.717, 1.165) is 21.8 Å². The van der Waals surface area contributed by atoms with Crippen LogP contribution >= 0.6 is 12.8 Å². The molecule has 1 rings (SSSR count). The minimum Gasteiger partial charge on any atom is -0.291 e. The molecular weight excluding hydrogens is 214 g/mol. The SMILES string of the molecule is C=C/C=C\c1c(C)n(S)c(=C)/c1=C\C=C/C. The number of aromatic nitrogens is 1. The van der Waals surface area contributed by atoms with Crippen molar-refractivity contribution in [2.75, 3.05) is 0 Å². The largest absolute Gasteiger partial charge is 0.291 e. The average Bonchev–Trinajstić information content (AvgIpc) is 2.49. The molecule has 0 atom stereocenters. The summed E-state index contributed by atoms with van der Waals surface area (Å²) < 4.78 is 1.80. The Labute approximate surface area is 102 Å². The van der Waals surface area contributed by atoms with E-state index >= 15 is 0 Å². The van der Waals surface area contributed by atoms with E-state index in [-0.39, 0.29) is 0 Å². The molecule has 1 aromatic heterocycles. The fraction of sp³-hybridized carbons (Fsp3) is 0.143. The van der Waals surface area contributed by atoms with Crippen molar-refractivity contribution < 1.29 is 0 Å². The van der Waals surface area contributed by atoms with E-state index in [2.05, 4.69) is 26.0 Å². The normalized spacial score (nSPS) is 13.1. The van der Waals surface area contributed by atoms with Gasteiger partial charge in [0.05, 0.1) is 5.35 Å². The van der Waals surface area contributed by atoms with Crippen molar-refractivity contribution in [3.63, 3.8) is 0 Å². The Kier molecular flexibility index (Phi) is 4.44. The van der Waals surface area contributed by atoms with Crippen LogP contribution in [0.25, 0.3) is 18.7 Å². The van der Waals surface area contributed by atoms with E-state index in [4.69, 9.17) is 0 Å². The summed E-state index contributed by atoms with van der Waals surface area (Å²) in [5.74, 6) is 0. The zero-order valence-corrected chi connectivity index (χ0v) is 10.7. The van der Waals surface area contributed by atoms with E-state index in [1.54, 1.807) is 10.0 Å². The summed E-state index contributed by atoms with van der Waals surface area (Å²) in [4.78, 5) is 0. The predicted molar refractivity (Wildman–Crippen MR) is 76.8 cm³/mol. The highest BCUT2D eigenvalue weighted by molar-refractivity contribution is 7.78. The lowest BCUT2D eigenvalue weighted by atomic mass is 10.2. The molecule has 16 heavy (non-hydrogen) atoms. The Morgan fingerprint density at radius 1 is 1.31 bits per heavy atom. The van der Waals surface area contributed by atoms with Crippen LogP contribution < -0.4 is 10.6 Å². The molecule has 1 aromatic rings. The number of thiol groups is 1. The lowest BCUT2D eigenvalue weighted by molar-refractivity contribution is 1.14. The first-order chi connectivity index (χ1) is 7.63. The topological polar surface area (TPSA) is 4.93 Å². The van der Waals surface area contributed by atoms with Gasteiger partial charge in [0.25, 0.3) is 0 Å². The highest BCUT2D eigenvalue weighted by atomic mass is 32.1. The van der Waals surface area contributed by atoms with E-state index in [9.17, 15) is 0 Å². The molecule has 0 aliphatic carbocycles. The van der Waals surface area contributed by atoms with Crippen LogP contribution in [0.4, 0.5) is 0 Å². The summed E-state index contributed by atoms with van der Waals surface area (Å²) in [6.07, 6.45) is 11.7. The molecule has 0 saturated heterocycles. The van der Waals surface area contributed by atoms with Gasteiger partial charge in [0.1, 0.15) is 0 Å². The summed E-state index contributed by atoms with van der Waals surface area (Å²) in [6.45, 7) is 11.7. The van der Waals surface area contributed by atoms with Crippen molar-refractivity contribution in [3.05, 3.63) is 52.7 Å². The zero-order chi connectivity index (χ0) is 12.1. The van der Waals surface area contributed by atoms with Gasteiger partial charge in [-0.15, -0.1) is 0 Å². The van der Waals surface area contributed by atoms with E-state index < -0.39 is 0 Å². The summed E-state index contributed by atoms with van der Waals surface area (Å²) in [5.41, 5.74) is 2.22. The van der Waals surface area contributed by atoms with Crippen molar-refractivity contribution in [2.45, 2.75) is 13.8 Å². The minimum atomic E-state index is 0.905. The monoisotopic (exact) mass is 231 g/mol. The van der Waals surface area contributed by atoms with E-state index in [1.807, 2.05) is 44.2 Å². The molecule has 0 aliphatic heterocycles. The maximum Gasteiger partial charge on any atom is 0.0526 e. The van der Waals surface area contributed by atoms with Gasteiger partial charge in [0.15, 0.2) is 0 Å². The third-order valence-electron chi connectivity index (χ3n) is 2.42. The number of allylic oxidation sites excluding steroid dienone is 4. The molecule has 0 amide bonds. The van der Waals surface area contributed by atoms with Crippen LogP contribution in [0.1, 0.15) is 18.2 Å². The molecule has 0 radical (unpaired) electrons. The van der Waals surface area contributed by atoms with Gasteiger partial charge in [-0.1, -0.05) is 62.4 Å². The Morgan fingerprint density at radius 3 is 2.56 bits per heavy atom. The summed E-state index contributed by atoms with van der Waals surface area (Å²) >= 11 is 4.40. The lowest BCUT2D eigenvalue weighted by Crippen LogP contribution is -2.24. The maximum atomic E-state index is 4.40. The molecule has 1 nitrogen and oxygen atoms in total. The summed E-state index contributed by atoms with van der Waals surface area (Å²) in [6, 6.07) is 0. The van der Waals surface area contributed by atoms with Crippen LogP contribution in [0, 0.1) is 6.92 Å². The van der Waals surface area contributed by atoms with Crippen molar-refractivity contribution in [1.29, 1.82) is 0 Å². The number of hydrogen-bond donors (Lipinski definition) is 1. The molecule has 1 heterocycles. The second-order valence-electron chi connectivity index (χ2n) is 3.46. The van der Waals surface area contributed by atoms with Crippen molar-refractivity contribution in [1.82, 2.24) is 3.97 Å². The zero-order valence-electron chi connectivity index (χ0n) is 9.77. The first-order valence-corrected chi connectivity index (χ1v) is 5.55. The van der Waals surface area contributed by atoms with Gasteiger partial charge in [-0.3, -0.25) is 3.97 Å². The van der Waals surface area contributed by atoms with Crippen molar-refractivity contribution >= 4 is 31.5 Å². The fourth-order valence-electron chi connectivity index (χ4n) is 1.53. The molecule has 84 valence electrons. The molecule has 0 aromatic carbocycles. The van der Waals surface area contributed by atoms with Crippen LogP contribution in [0.5, 0.6) is 0 Å². The van der Waals surface area contributed by atoms with Crippen LogP contribution in [0.3, 0.4) is 0 Å². The summed E-state index contributed by atoms with van der Waals surface area (Å²) in [7, 11) is 0. The Balaban J connectivity index is 3.57. The number of hydrogen-bond acceptors (Lipinski definition) is 1. The Bertz CT molecular complexity index is 544. The quantitative estimate of drug-likeness (QED) is 0.602. The molecule has 0 N–H and O–H groups in total. The number of nitrogens with zero attached hydrogens (tertiary/aromatic N) is 1. The van der Waals surface area contributed by atoms with Crippen molar-refractivity contribution in [3.8, 4) is 0 Å². The predicted octanol–water partition coefficient (Wildman–Crippen LogP) is 2.46. The van der Waals surface area contributed by atoms with Crippen LogP contribution in [0.15, 0.2) is 30.9 Å². The molecule has 0 bridgehead atoms. The van der Waals surface area contributed by atoms with Gasteiger partial charge in [0, 0.05) is 16.5 Å². The Hall–Kier alpha value is -1.41. The Morgan fingerprint density at radius 2 is 2.00 bits per heavy atom. The molecule has 0 saturated carbocycles. The first kappa shape index (κ1) is 12.7. The van der Waals surface area contributed by atoms with Gasteiger partial charge in [-0.05, 0) is 13.8 Å². The molecule has 2 heteroatoms. The minimum absolute atomic E-state index is 0.905. The van der Waals surface area contributed by atoms with Gasteiger partial charge in [0.2, 0.25) is 0 Å². The van der Waals surface area contributed by atoms with Crippen LogP contribution in [-0.2, 0) is 0 Å². The lowest BCUT2D eigenvalue weighted by Gasteiger charge is -1.94. The van der Waals surface area contributed by atoms with Crippen molar-refractivity contribution in [2.24, 2.45) is 0 Å². The number of rotatable bonds is 3. The maximum absolute atomic E-state index is 4.40. The standard InChI is InChI=1S/C14H17NS/c1-5-7-9-13-11(3)15(16)12(4)14(13)10-8-6-2/h5-10,16H,1,4H2,2-3H3/b8-6-,9-7-,14-10+. The van der Waals surface area contributed by atoms with Gasteiger partial charge in [-0.2, -0.15) is 0 Å². The molecule has 0 spiro atoms. The summed E-state index contributed by atoms with van der Waals surface area (Å²) in [5, 5.41) is 2.01. The van der Waals surface area contributed by atoms with Crippen LogP contribution in [-0.4, -0.2) is 3.97 Å². The molecule has 0 aliphatic rings. The smallest absolute Gasteiger partial charge is 0.0526 e. The van der Waals surface area contributed by atoms with E-state index in [0.29, 0.717) is 0 Å². The van der Waals surface area contributed by atoms with E-state index in [1.165, 1.54) is 0 Å². The first-order valence-electron chi connectivity index (χ1n) is 5.15. The third-order valence-corrected chi connectivity index (χ3v) is 2.96. The highest BCUT2D eigenvalue weighted by Gasteiger charge is 2.04. The van der Waals surface area contributed by atoms with Gasteiger partial charge in [-0.25, -0.2) is 0 Å². The fourth-order valence-corrected chi connectivity index (χ4v) is 1.75. The average molecular weight is 231 g/mol. The highest BCUT2D eigenvalue weighted by Crippen LogP contribution is 2.04. The second kappa shape index (κ2) is 5.61. The van der Waals surface area contributed by atoms with Gasteiger partial charge < -0.3 is 0 Å². The molecule has 0 unspecified atom stereocenters. The molecule has 0 fully saturated rings. The van der Waals surface area contributed by atoms with Crippen LogP contribution in [0.2, 0.25) is 0 Å². The second-order valence-corrected chi connectivity index (χ2v) is 3.86.